The summed E-state index contributed by atoms with van der Waals surface area (Å²) in [5, 5.41) is 11.6. The molecule has 4 bridgehead atoms. The molecule has 2 heterocycles. The Bertz CT molecular complexity index is 800. The Kier molecular flexibility index (Phi) is 3.94. The highest BCUT2D eigenvalue weighted by atomic mass is 127. The van der Waals surface area contributed by atoms with Crippen LogP contribution >= 0.6 is 23.0 Å². The van der Waals surface area contributed by atoms with Gasteiger partial charge in [0.05, 0.1) is 18.1 Å². The third-order valence-corrected chi connectivity index (χ3v) is 9.41. The van der Waals surface area contributed by atoms with Crippen LogP contribution in [0.5, 0.6) is 0 Å². The molecule has 6 fully saturated rings. The summed E-state index contributed by atoms with van der Waals surface area (Å²) in [6.45, 7) is 8.28. The molecule has 6 rings (SSSR count). The first-order valence-corrected chi connectivity index (χ1v) is 10.8. The topological polar surface area (TPSA) is 108 Å². The summed E-state index contributed by atoms with van der Waals surface area (Å²) in [5.74, 6) is 2.94. The molecule has 0 aromatic carbocycles. The van der Waals surface area contributed by atoms with Crippen molar-refractivity contribution in [2.45, 2.75) is 57.5 Å². The van der Waals surface area contributed by atoms with Crippen molar-refractivity contribution in [3.63, 3.8) is 0 Å². The van der Waals surface area contributed by atoms with E-state index in [0.29, 0.717) is 31.3 Å². The lowest BCUT2D eigenvalue weighted by molar-refractivity contribution is -0.447. The summed E-state index contributed by atoms with van der Waals surface area (Å²) in [6, 6.07) is 0. The minimum absolute atomic E-state index is 0.0709. The van der Waals surface area contributed by atoms with E-state index in [2.05, 4.69) is 20.4 Å². The van der Waals surface area contributed by atoms with Crippen molar-refractivity contribution in [1.29, 1.82) is 0 Å². The molecular formula is C20H26INO6. The summed E-state index contributed by atoms with van der Waals surface area (Å²) >= 11 is 1.80. The minimum Gasteiger partial charge on any atom is -0.387 e. The maximum Gasteiger partial charge on any atom is 0.229 e. The zero-order valence-electron chi connectivity index (χ0n) is 16.1. The van der Waals surface area contributed by atoms with E-state index in [1.54, 1.807) is 23.0 Å². The fraction of sp³-hybridized carbons (Fsp3) is 0.800. The molecule has 3 N–H and O–H groups in total. The van der Waals surface area contributed by atoms with Crippen LogP contribution in [0.4, 0.5) is 0 Å². The number of aliphatic hydroxyl groups excluding tert-OH is 1. The molecule has 2 saturated heterocycles. The molecule has 0 aromatic heterocycles. The first kappa shape index (κ1) is 19.6. The number of Topliss-reactive ketones (excluding diaryl/α,β-unsaturated/α-hetero) is 2. The van der Waals surface area contributed by atoms with Gasteiger partial charge in [-0.1, -0.05) is 20.4 Å². The predicted molar refractivity (Wildman–Crippen MR) is 106 cm³/mol. The molecular weight excluding hydrogens is 477 g/mol. The standard InChI is InChI=1S/C20H26INO6/c1-9-10-4-5-11-18-8-26-20(28-22,19(11,14(9)24)16(10)27-21)15(25)13(18)17(2,3)7-6-12(18)23/h10-11,13,15-16,25H,1,4-8,22H2,2-3H3/t10-,11?,13?,15-,16+,18+,19-,20+/m0/s1. The van der Waals surface area contributed by atoms with Gasteiger partial charge in [-0.05, 0) is 36.2 Å². The molecule has 2 unspecified atom stereocenters. The van der Waals surface area contributed by atoms with E-state index in [0.717, 1.165) is 0 Å². The Balaban J connectivity index is 1.85. The van der Waals surface area contributed by atoms with E-state index in [4.69, 9.17) is 18.5 Å². The van der Waals surface area contributed by atoms with E-state index < -0.39 is 34.7 Å². The van der Waals surface area contributed by atoms with Crippen molar-refractivity contribution in [1.82, 2.24) is 0 Å². The smallest absolute Gasteiger partial charge is 0.229 e. The van der Waals surface area contributed by atoms with Gasteiger partial charge in [0, 0.05) is 18.3 Å². The van der Waals surface area contributed by atoms with Gasteiger partial charge in [0.15, 0.2) is 5.78 Å². The third-order valence-electron chi connectivity index (χ3n) is 8.86. The highest BCUT2D eigenvalue weighted by Crippen LogP contribution is 2.76. The average Bonchev–Trinajstić information content (AvgIpc) is 2.80. The molecule has 6 aliphatic rings. The third kappa shape index (κ3) is 1.70. The summed E-state index contributed by atoms with van der Waals surface area (Å²) in [4.78, 5) is 32.7. The fourth-order valence-electron chi connectivity index (χ4n) is 7.90. The summed E-state index contributed by atoms with van der Waals surface area (Å²) in [7, 11) is 0. The first-order chi connectivity index (χ1) is 13.2. The lowest BCUT2D eigenvalue weighted by Gasteiger charge is -2.73. The Hall–Kier alpha value is -0.390. The van der Waals surface area contributed by atoms with Crippen LogP contribution in [-0.4, -0.2) is 41.3 Å². The van der Waals surface area contributed by atoms with Gasteiger partial charge >= 0.3 is 0 Å². The number of ether oxygens (including phenoxy) is 1. The quantitative estimate of drug-likeness (QED) is 0.337. The van der Waals surface area contributed by atoms with E-state index >= 15 is 0 Å². The van der Waals surface area contributed by atoms with Gasteiger partial charge < -0.3 is 12.9 Å². The van der Waals surface area contributed by atoms with Crippen LogP contribution in [-0.2, 0) is 22.2 Å². The molecule has 7 nitrogen and oxygen atoms in total. The van der Waals surface area contributed by atoms with Crippen molar-refractivity contribution in [3.8, 4) is 0 Å². The number of hydrogen-bond acceptors (Lipinski definition) is 7. The van der Waals surface area contributed by atoms with E-state index in [9.17, 15) is 14.7 Å². The molecule has 8 heteroatoms. The lowest BCUT2D eigenvalue weighted by atomic mass is 9.36. The van der Waals surface area contributed by atoms with E-state index in [1.807, 2.05) is 0 Å². The van der Waals surface area contributed by atoms with Gasteiger partial charge in [0.1, 0.15) is 40.3 Å². The van der Waals surface area contributed by atoms with Crippen LogP contribution in [0.3, 0.4) is 0 Å². The number of rotatable bonds is 2. The Morgan fingerprint density at radius 1 is 1.32 bits per heavy atom. The van der Waals surface area contributed by atoms with Gasteiger partial charge in [0.2, 0.25) is 5.79 Å². The van der Waals surface area contributed by atoms with E-state index in [-0.39, 0.29) is 35.4 Å². The van der Waals surface area contributed by atoms with Gasteiger partial charge in [-0.2, -0.15) is 0 Å². The largest absolute Gasteiger partial charge is 0.387 e. The summed E-state index contributed by atoms with van der Waals surface area (Å²) in [5.41, 5.74) is -2.17. The van der Waals surface area contributed by atoms with Crippen LogP contribution in [0.25, 0.3) is 0 Å². The van der Waals surface area contributed by atoms with Crippen molar-refractivity contribution in [3.05, 3.63) is 12.2 Å². The molecule has 2 aliphatic heterocycles. The second-order valence-electron chi connectivity index (χ2n) is 9.92. The van der Waals surface area contributed by atoms with Crippen LogP contribution in [0.15, 0.2) is 12.2 Å². The summed E-state index contributed by atoms with van der Waals surface area (Å²) in [6.07, 6.45) is 0.641. The number of hydrogen-bond donors (Lipinski definition) is 2. The van der Waals surface area contributed by atoms with Gasteiger partial charge in [-0.25, -0.2) is 5.90 Å². The number of carbonyl (C=O) groups excluding carboxylic acids is 2. The van der Waals surface area contributed by atoms with Crippen molar-refractivity contribution in [2.75, 3.05) is 6.61 Å². The van der Waals surface area contributed by atoms with Crippen LogP contribution in [0, 0.1) is 34.0 Å². The van der Waals surface area contributed by atoms with E-state index in [1.165, 1.54) is 0 Å². The molecule has 0 amide bonds. The molecule has 0 aromatic rings. The molecule has 154 valence electrons. The molecule has 0 radical (unpaired) electrons. The normalized spacial score (nSPS) is 53.9. The number of fused-ring (bicyclic) bond motifs is 2. The second-order valence-corrected chi connectivity index (χ2v) is 10.4. The lowest BCUT2D eigenvalue weighted by Crippen LogP contribution is -2.86. The maximum absolute atomic E-state index is 13.7. The van der Waals surface area contributed by atoms with Crippen molar-refractivity contribution >= 4 is 34.6 Å². The summed E-state index contributed by atoms with van der Waals surface area (Å²) < 4.78 is 11.9. The maximum atomic E-state index is 13.7. The fourth-order valence-corrected chi connectivity index (χ4v) is 8.65. The zero-order chi connectivity index (χ0) is 20.3. The number of halogens is 1. The zero-order valence-corrected chi connectivity index (χ0v) is 18.2. The Labute approximate surface area is 178 Å². The molecule has 4 saturated carbocycles. The van der Waals surface area contributed by atoms with Crippen LogP contribution in [0.2, 0.25) is 0 Å². The SMILES string of the molecule is C=C1C(=O)[C@@]23C(CC[C@@H]1[C@H]2OI)[C@@]12CO[C@@]3(ON)[C@@H](O)C1C(C)(C)CCC2=O. The number of ketones is 2. The van der Waals surface area contributed by atoms with Gasteiger partial charge in [-0.15, -0.1) is 0 Å². The predicted octanol–water partition coefficient (Wildman–Crippen LogP) is 1.86. The van der Waals surface area contributed by atoms with Gasteiger partial charge in [0.25, 0.3) is 0 Å². The monoisotopic (exact) mass is 503 g/mol. The Morgan fingerprint density at radius 2 is 2.04 bits per heavy atom. The number of carbonyl (C=O) groups is 2. The average molecular weight is 503 g/mol. The highest BCUT2D eigenvalue weighted by molar-refractivity contribution is 14.1. The van der Waals surface area contributed by atoms with Crippen molar-refractivity contribution < 1.29 is 27.3 Å². The molecule has 4 aliphatic carbocycles. The molecule has 8 atom stereocenters. The molecule has 2 spiro atoms. The highest BCUT2D eigenvalue weighted by Gasteiger charge is 2.88. The van der Waals surface area contributed by atoms with Crippen molar-refractivity contribution in [2.24, 2.45) is 39.9 Å². The second kappa shape index (κ2) is 5.64. The van der Waals surface area contributed by atoms with Crippen LogP contribution in [0.1, 0.15) is 39.5 Å². The Morgan fingerprint density at radius 3 is 2.68 bits per heavy atom. The molecule has 28 heavy (non-hydrogen) atoms. The van der Waals surface area contributed by atoms with Gasteiger partial charge in [-0.3, -0.25) is 14.4 Å². The van der Waals surface area contributed by atoms with Crippen LogP contribution < -0.4 is 5.90 Å². The number of nitrogens with two attached hydrogens (primary N) is 1. The number of aliphatic hydroxyl groups is 1. The first-order valence-electron chi connectivity index (χ1n) is 9.91. The minimum atomic E-state index is -1.75.